The molecular weight excluding hydrogens is 464 g/mol. The number of aliphatic hydroxyl groups is 1. The lowest BCUT2D eigenvalue weighted by atomic mass is 9.76. The number of hydrogen-bond donors (Lipinski definition) is 2. The highest BCUT2D eigenvalue weighted by atomic mass is 32.2. The Labute approximate surface area is 225 Å². The third kappa shape index (κ3) is 16.1. The van der Waals surface area contributed by atoms with Crippen molar-refractivity contribution in [2.45, 2.75) is 96.8 Å². The van der Waals surface area contributed by atoms with Crippen molar-refractivity contribution < 1.29 is 15.0 Å². The van der Waals surface area contributed by atoms with E-state index in [1.807, 2.05) is 30.0 Å². The van der Waals surface area contributed by atoms with Gasteiger partial charge in [0.1, 0.15) is 0 Å². The van der Waals surface area contributed by atoms with Crippen LogP contribution in [0.2, 0.25) is 0 Å². The maximum atomic E-state index is 11.2. The van der Waals surface area contributed by atoms with Crippen LogP contribution in [0.15, 0.2) is 66.8 Å². The zero-order valence-corrected chi connectivity index (χ0v) is 23.6. The molecule has 0 aliphatic carbocycles. The van der Waals surface area contributed by atoms with Crippen LogP contribution in [0.5, 0.6) is 0 Å². The van der Waals surface area contributed by atoms with Crippen molar-refractivity contribution in [3.63, 3.8) is 0 Å². The number of thioether (sulfide) groups is 1. The highest BCUT2D eigenvalue weighted by Gasteiger charge is 2.23. The van der Waals surface area contributed by atoms with Crippen LogP contribution in [0.25, 0.3) is 0 Å². The minimum Gasteiger partial charge on any atom is -0.481 e. The first kappa shape index (κ1) is 32.2. The van der Waals surface area contributed by atoms with E-state index in [4.69, 9.17) is 0 Å². The van der Waals surface area contributed by atoms with Crippen LogP contribution < -0.4 is 0 Å². The van der Waals surface area contributed by atoms with Gasteiger partial charge in [-0.25, -0.2) is 0 Å². The maximum Gasteiger partial charge on any atom is 0.303 e. The number of rotatable bonds is 22. The molecule has 2 N–H and O–H groups in total. The van der Waals surface area contributed by atoms with Crippen molar-refractivity contribution in [1.82, 2.24) is 0 Å². The lowest BCUT2D eigenvalue weighted by Gasteiger charge is -2.29. The maximum absolute atomic E-state index is 11.2. The summed E-state index contributed by atoms with van der Waals surface area (Å²) in [5, 5.41) is 18.8. The van der Waals surface area contributed by atoms with Gasteiger partial charge in [-0.2, -0.15) is 11.8 Å². The van der Waals surface area contributed by atoms with Crippen LogP contribution in [0, 0.1) is 5.41 Å². The zero-order valence-electron chi connectivity index (χ0n) is 22.8. The van der Waals surface area contributed by atoms with E-state index in [1.54, 1.807) is 0 Å². The fourth-order valence-corrected chi connectivity index (χ4v) is 5.73. The number of carboxylic acids is 1. The quantitative estimate of drug-likeness (QED) is 0.120. The molecule has 0 fully saturated rings. The van der Waals surface area contributed by atoms with Gasteiger partial charge in [-0.1, -0.05) is 106 Å². The van der Waals surface area contributed by atoms with Gasteiger partial charge in [0.2, 0.25) is 0 Å². The molecule has 0 amide bonds. The summed E-state index contributed by atoms with van der Waals surface area (Å²) >= 11 is 2.05. The molecular formula is C32H50O3S. The highest BCUT2D eigenvalue weighted by Crippen LogP contribution is 2.35. The molecule has 0 heterocycles. The Balaban J connectivity index is 2.16. The van der Waals surface area contributed by atoms with Crippen LogP contribution in [0.3, 0.4) is 0 Å². The SMILES string of the molecule is C=C(/C=C\C=C/CC)CC(C)(CCO)CCCCCSCCCCCC(CC(=O)O)c1ccccc1. The molecule has 1 rings (SSSR count). The highest BCUT2D eigenvalue weighted by molar-refractivity contribution is 7.99. The van der Waals surface area contributed by atoms with Crippen molar-refractivity contribution in [2.24, 2.45) is 5.41 Å². The van der Waals surface area contributed by atoms with E-state index >= 15 is 0 Å². The monoisotopic (exact) mass is 514 g/mol. The van der Waals surface area contributed by atoms with Crippen molar-refractivity contribution in [2.75, 3.05) is 18.1 Å². The summed E-state index contributed by atoms with van der Waals surface area (Å²) in [6.45, 7) is 8.88. The third-order valence-electron chi connectivity index (χ3n) is 6.79. The molecule has 202 valence electrons. The Bertz CT molecular complexity index is 771. The van der Waals surface area contributed by atoms with Crippen LogP contribution >= 0.6 is 11.8 Å². The molecule has 1 aromatic rings. The van der Waals surface area contributed by atoms with Crippen LogP contribution in [0.1, 0.15) is 102 Å². The molecule has 0 radical (unpaired) electrons. The Kier molecular flexibility index (Phi) is 18.2. The lowest BCUT2D eigenvalue weighted by molar-refractivity contribution is -0.137. The average Bonchev–Trinajstić information content (AvgIpc) is 2.85. The summed E-state index contributed by atoms with van der Waals surface area (Å²) in [5.74, 6) is 1.81. The minimum atomic E-state index is -0.710. The minimum absolute atomic E-state index is 0.121. The molecule has 1 aromatic carbocycles. The first-order valence-electron chi connectivity index (χ1n) is 13.9. The summed E-state index contributed by atoms with van der Waals surface area (Å²) in [4.78, 5) is 11.2. The first-order chi connectivity index (χ1) is 17.4. The molecule has 36 heavy (non-hydrogen) atoms. The van der Waals surface area contributed by atoms with Crippen molar-refractivity contribution in [3.8, 4) is 0 Å². The van der Waals surface area contributed by atoms with E-state index in [0.717, 1.165) is 49.7 Å². The Morgan fingerprint density at radius 2 is 1.72 bits per heavy atom. The number of hydrogen-bond acceptors (Lipinski definition) is 3. The van der Waals surface area contributed by atoms with Gasteiger partial charge in [0.25, 0.3) is 0 Å². The number of carbonyl (C=O) groups is 1. The summed E-state index contributed by atoms with van der Waals surface area (Å²) in [6.07, 6.45) is 20.7. The fourth-order valence-electron chi connectivity index (χ4n) is 4.71. The molecule has 0 saturated carbocycles. The zero-order chi connectivity index (χ0) is 26.5. The fraction of sp³-hybridized carbons (Fsp3) is 0.594. The molecule has 0 spiro atoms. The Morgan fingerprint density at radius 1 is 1.03 bits per heavy atom. The molecule has 0 bridgehead atoms. The number of carboxylic acid groups (broad SMARTS) is 1. The third-order valence-corrected chi connectivity index (χ3v) is 7.94. The normalized spacial score (nSPS) is 14.3. The topological polar surface area (TPSA) is 57.5 Å². The molecule has 3 nitrogen and oxygen atoms in total. The summed E-state index contributed by atoms with van der Waals surface area (Å²) in [7, 11) is 0. The second-order valence-corrected chi connectivity index (χ2v) is 11.5. The number of aliphatic hydroxyl groups excluding tert-OH is 1. The second-order valence-electron chi connectivity index (χ2n) is 10.3. The molecule has 2 atom stereocenters. The number of aliphatic carboxylic acids is 1. The van der Waals surface area contributed by atoms with Gasteiger partial charge in [-0.05, 0) is 73.3 Å². The Hall–Kier alpha value is -1.78. The predicted molar refractivity (Wildman–Crippen MR) is 158 cm³/mol. The number of benzene rings is 1. The van der Waals surface area contributed by atoms with E-state index in [9.17, 15) is 15.0 Å². The van der Waals surface area contributed by atoms with Crippen LogP contribution in [-0.4, -0.2) is 34.3 Å². The van der Waals surface area contributed by atoms with E-state index in [-0.39, 0.29) is 24.4 Å². The van der Waals surface area contributed by atoms with Gasteiger partial charge in [0.05, 0.1) is 6.42 Å². The van der Waals surface area contributed by atoms with Crippen LogP contribution in [-0.2, 0) is 4.79 Å². The lowest BCUT2D eigenvalue weighted by Crippen LogP contribution is -2.18. The van der Waals surface area contributed by atoms with Gasteiger partial charge in [-0.3, -0.25) is 4.79 Å². The van der Waals surface area contributed by atoms with Crippen molar-refractivity contribution in [3.05, 3.63) is 72.4 Å². The van der Waals surface area contributed by atoms with Crippen molar-refractivity contribution >= 4 is 17.7 Å². The van der Waals surface area contributed by atoms with Gasteiger partial charge in [0, 0.05) is 6.61 Å². The Morgan fingerprint density at radius 3 is 2.36 bits per heavy atom. The van der Waals surface area contributed by atoms with Crippen molar-refractivity contribution in [1.29, 1.82) is 0 Å². The van der Waals surface area contributed by atoms with E-state index in [2.05, 4.69) is 56.9 Å². The van der Waals surface area contributed by atoms with E-state index in [1.165, 1.54) is 43.6 Å². The van der Waals surface area contributed by atoms with Gasteiger partial charge < -0.3 is 10.2 Å². The van der Waals surface area contributed by atoms with E-state index in [0.29, 0.717) is 0 Å². The number of unbranched alkanes of at least 4 members (excludes halogenated alkanes) is 4. The van der Waals surface area contributed by atoms with Gasteiger partial charge in [-0.15, -0.1) is 0 Å². The molecule has 4 heteroatoms. The number of allylic oxidation sites excluding steroid dienone is 5. The predicted octanol–water partition coefficient (Wildman–Crippen LogP) is 8.96. The van der Waals surface area contributed by atoms with Gasteiger partial charge in [0.15, 0.2) is 0 Å². The molecule has 0 aliphatic heterocycles. The largest absolute Gasteiger partial charge is 0.481 e. The van der Waals surface area contributed by atoms with Crippen LogP contribution in [0.4, 0.5) is 0 Å². The standard InChI is InChI=1S/C32H50O3S/c1-4-5-6-10-17-28(2)27-32(3,22-23-33)21-14-9-16-25-36-24-15-8-13-20-30(26-31(34)35)29-18-11-7-12-19-29/h5-7,10-12,17-19,30,33H,2,4,8-9,13-16,20-27H2,1,3H3,(H,34,35)/b6-5-,17-10-. The summed E-state index contributed by atoms with van der Waals surface area (Å²) in [5.41, 5.74) is 2.41. The van der Waals surface area contributed by atoms with Gasteiger partial charge >= 0.3 is 5.97 Å². The first-order valence-corrected chi connectivity index (χ1v) is 15.0. The second kappa shape index (κ2) is 20.3. The summed E-state index contributed by atoms with van der Waals surface area (Å²) in [6, 6.07) is 10.1. The van der Waals surface area contributed by atoms with E-state index < -0.39 is 5.97 Å². The smallest absolute Gasteiger partial charge is 0.303 e. The molecule has 0 aromatic heterocycles. The average molecular weight is 515 g/mol. The molecule has 0 aliphatic rings. The summed E-state index contributed by atoms with van der Waals surface area (Å²) < 4.78 is 0. The molecule has 0 saturated heterocycles. The molecule has 2 unspecified atom stereocenters.